The van der Waals surface area contributed by atoms with Gasteiger partial charge in [-0.05, 0) is 109 Å². The van der Waals surface area contributed by atoms with E-state index in [-0.39, 0.29) is 47.4 Å². The molecule has 4 fully saturated rings. The van der Waals surface area contributed by atoms with Crippen molar-refractivity contribution in [2.75, 3.05) is 6.61 Å². The third kappa shape index (κ3) is 3.40. The first-order valence-corrected chi connectivity index (χ1v) is 12.6. The summed E-state index contributed by atoms with van der Waals surface area (Å²) in [5.41, 5.74) is -1.73. The lowest BCUT2D eigenvalue weighted by Gasteiger charge is -2.64. The summed E-state index contributed by atoms with van der Waals surface area (Å²) in [6.45, 7) is 10.0. The number of aliphatic hydroxyl groups is 3. The zero-order chi connectivity index (χ0) is 22.8. The van der Waals surface area contributed by atoms with Gasteiger partial charge in [0.05, 0.1) is 17.1 Å². The molecule has 0 aromatic heterocycles. The summed E-state index contributed by atoms with van der Waals surface area (Å²) in [7, 11) is 0. The van der Waals surface area contributed by atoms with E-state index in [0.717, 1.165) is 57.8 Å². The second-order valence-electron chi connectivity index (χ2n) is 12.7. The molecule has 178 valence electrons. The first-order valence-electron chi connectivity index (χ1n) is 12.6. The van der Waals surface area contributed by atoms with Gasteiger partial charge in [0.25, 0.3) is 0 Å². The summed E-state index contributed by atoms with van der Waals surface area (Å²) in [6, 6.07) is 0. The molecular weight excluding hydrogens is 392 g/mol. The van der Waals surface area contributed by atoms with Crippen molar-refractivity contribution in [2.24, 2.45) is 39.9 Å². The van der Waals surface area contributed by atoms with Crippen molar-refractivity contribution in [1.29, 1.82) is 0 Å². The molecule has 0 aromatic carbocycles. The number of ether oxygens (including phenoxy) is 1. The molecule has 0 spiro atoms. The van der Waals surface area contributed by atoms with E-state index in [4.69, 9.17) is 4.74 Å². The number of aliphatic hydroxyl groups excluding tert-OH is 2. The minimum absolute atomic E-state index is 0.151. The zero-order valence-electron chi connectivity index (χ0n) is 20.2. The Balaban J connectivity index is 1.59. The molecule has 0 saturated heterocycles. The van der Waals surface area contributed by atoms with Crippen LogP contribution in [0.4, 0.5) is 0 Å². The maximum atomic E-state index is 12.5. The molecule has 0 amide bonds. The lowest BCUT2D eigenvalue weighted by molar-refractivity contribution is -0.227. The minimum atomic E-state index is -0.772. The van der Waals surface area contributed by atoms with Gasteiger partial charge in [0.1, 0.15) is 6.10 Å². The summed E-state index contributed by atoms with van der Waals surface area (Å²) in [4.78, 5) is 12.5. The second-order valence-corrected chi connectivity index (χ2v) is 12.7. The number of fused-ring (bicyclic) bond motifs is 5. The summed E-state index contributed by atoms with van der Waals surface area (Å²) >= 11 is 0. The molecule has 5 heteroatoms. The molecule has 0 aromatic rings. The van der Waals surface area contributed by atoms with Crippen LogP contribution in [-0.4, -0.2) is 45.7 Å². The van der Waals surface area contributed by atoms with Crippen molar-refractivity contribution in [1.82, 2.24) is 0 Å². The SMILES string of the molecule is C[C@H](OC(=O)C(C)(C)C)[C@H]1CC[C@]2(O)[C@@H]3CCC4C[C@@H](O)CC[C@]4(CO)[C@H]3CC[C@]12C. The summed E-state index contributed by atoms with van der Waals surface area (Å²) in [5, 5.41) is 33.1. The normalized spacial score (nSPS) is 48.3. The Kier molecular flexibility index (Phi) is 5.84. The highest BCUT2D eigenvalue weighted by Gasteiger charge is 2.68. The molecule has 0 radical (unpaired) electrons. The lowest BCUT2D eigenvalue weighted by Crippen LogP contribution is -2.64. The van der Waals surface area contributed by atoms with Crippen LogP contribution in [0, 0.1) is 39.9 Å². The second kappa shape index (κ2) is 7.70. The average Bonchev–Trinajstić information content (AvgIpc) is 2.98. The number of carbonyl (C=O) groups excluding carboxylic acids is 1. The fourth-order valence-corrected chi connectivity index (χ4v) is 8.53. The van der Waals surface area contributed by atoms with Crippen molar-refractivity contribution in [3.8, 4) is 0 Å². The monoisotopic (exact) mass is 436 g/mol. The van der Waals surface area contributed by atoms with Gasteiger partial charge in [-0.15, -0.1) is 0 Å². The van der Waals surface area contributed by atoms with Gasteiger partial charge >= 0.3 is 5.97 Å². The molecule has 0 heterocycles. The van der Waals surface area contributed by atoms with Crippen LogP contribution in [0.5, 0.6) is 0 Å². The van der Waals surface area contributed by atoms with Gasteiger partial charge < -0.3 is 20.1 Å². The third-order valence-electron chi connectivity index (χ3n) is 10.4. The molecule has 31 heavy (non-hydrogen) atoms. The van der Waals surface area contributed by atoms with Crippen molar-refractivity contribution in [2.45, 2.75) is 110 Å². The number of hydrogen-bond acceptors (Lipinski definition) is 5. The van der Waals surface area contributed by atoms with Crippen LogP contribution in [0.1, 0.15) is 92.4 Å². The van der Waals surface area contributed by atoms with Gasteiger partial charge in [-0.1, -0.05) is 6.92 Å². The van der Waals surface area contributed by atoms with Gasteiger partial charge in [0, 0.05) is 17.9 Å². The maximum Gasteiger partial charge on any atom is 0.311 e. The average molecular weight is 437 g/mol. The van der Waals surface area contributed by atoms with Gasteiger partial charge in [0.2, 0.25) is 0 Å². The molecule has 4 aliphatic rings. The predicted molar refractivity (Wildman–Crippen MR) is 119 cm³/mol. The molecule has 4 aliphatic carbocycles. The van der Waals surface area contributed by atoms with E-state index in [1.54, 1.807) is 0 Å². The summed E-state index contributed by atoms with van der Waals surface area (Å²) in [6.07, 6.45) is 7.46. The third-order valence-corrected chi connectivity index (χ3v) is 10.4. The molecule has 5 nitrogen and oxygen atoms in total. The molecule has 0 aliphatic heterocycles. The number of rotatable bonds is 3. The lowest BCUT2D eigenvalue weighted by atomic mass is 9.43. The highest BCUT2D eigenvalue weighted by molar-refractivity contribution is 5.75. The summed E-state index contributed by atoms with van der Waals surface area (Å²) < 4.78 is 5.91. The molecule has 4 rings (SSSR count). The predicted octanol–water partition coefficient (Wildman–Crippen LogP) is 4.07. The minimum Gasteiger partial charge on any atom is -0.462 e. The fraction of sp³-hybridized carbons (Fsp3) is 0.962. The van der Waals surface area contributed by atoms with Crippen LogP contribution >= 0.6 is 0 Å². The number of esters is 1. The molecule has 4 saturated carbocycles. The topological polar surface area (TPSA) is 87.0 Å². The van der Waals surface area contributed by atoms with E-state index in [9.17, 15) is 20.1 Å². The van der Waals surface area contributed by atoms with Crippen LogP contribution in [0.2, 0.25) is 0 Å². The quantitative estimate of drug-likeness (QED) is 0.581. The van der Waals surface area contributed by atoms with Crippen molar-refractivity contribution >= 4 is 5.97 Å². The Morgan fingerprint density at radius 1 is 1.06 bits per heavy atom. The van der Waals surface area contributed by atoms with Crippen LogP contribution in [0.25, 0.3) is 0 Å². The first kappa shape index (κ1) is 23.5. The first-order chi connectivity index (χ1) is 14.4. The molecule has 1 unspecified atom stereocenters. The van der Waals surface area contributed by atoms with Gasteiger partial charge in [-0.25, -0.2) is 0 Å². The van der Waals surface area contributed by atoms with Crippen molar-refractivity contribution in [3.63, 3.8) is 0 Å². The highest BCUT2D eigenvalue weighted by atomic mass is 16.5. The van der Waals surface area contributed by atoms with Crippen molar-refractivity contribution < 1.29 is 24.9 Å². The standard InChI is InChI=1S/C26H44O5/c1-16(31-22(29)23(2,3)4)19-10-13-26(30)21-7-6-17-14-18(28)8-12-25(17,15-27)20(21)9-11-24(19,26)5/h16-21,27-28,30H,6-15H2,1-5H3/t16-,17?,18-,19+,20-,21+,24+,25+,26-/m0/s1. The maximum absolute atomic E-state index is 12.5. The van der Waals surface area contributed by atoms with Gasteiger partial charge in [-0.2, -0.15) is 0 Å². The highest BCUT2D eigenvalue weighted by Crippen LogP contribution is 2.69. The molecule has 3 N–H and O–H groups in total. The Hall–Kier alpha value is -0.650. The van der Waals surface area contributed by atoms with E-state index in [0.29, 0.717) is 11.8 Å². The number of hydrogen-bond donors (Lipinski definition) is 3. The largest absolute Gasteiger partial charge is 0.462 e. The van der Waals surface area contributed by atoms with Crippen LogP contribution < -0.4 is 0 Å². The fourth-order valence-electron chi connectivity index (χ4n) is 8.53. The Bertz CT molecular complexity index is 700. The van der Waals surface area contributed by atoms with Gasteiger partial charge in [-0.3, -0.25) is 4.79 Å². The Labute approximate surface area is 187 Å². The van der Waals surface area contributed by atoms with Crippen molar-refractivity contribution in [3.05, 3.63) is 0 Å². The molecule has 0 bridgehead atoms. The zero-order valence-corrected chi connectivity index (χ0v) is 20.2. The van der Waals surface area contributed by atoms with Crippen LogP contribution in [-0.2, 0) is 9.53 Å². The number of carbonyl (C=O) groups is 1. The van der Waals surface area contributed by atoms with E-state index < -0.39 is 11.0 Å². The molecular formula is C26H44O5. The molecule has 9 atom stereocenters. The smallest absolute Gasteiger partial charge is 0.311 e. The van der Waals surface area contributed by atoms with Crippen LogP contribution in [0.15, 0.2) is 0 Å². The van der Waals surface area contributed by atoms with Crippen LogP contribution in [0.3, 0.4) is 0 Å². The Morgan fingerprint density at radius 2 is 1.77 bits per heavy atom. The summed E-state index contributed by atoms with van der Waals surface area (Å²) in [5.74, 6) is 0.835. The van der Waals surface area contributed by atoms with E-state index in [1.165, 1.54) is 0 Å². The van der Waals surface area contributed by atoms with E-state index in [1.807, 2.05) is 27.7 Å². The van der Waals surface area contributed by atoms with Gasteiger partial charge in [0.15, 0.2) is 0 Å². The van der Waals surface area contributed by atoms with E-state index >= 15 is 0 Å². The van der Waals surface area contributed by atoms with E-state index in [2.05, 4.69) is 6.92 Å². The Morgan fingerprint density at radius 3 is 2.42 bits per heavy atom.